The lowest BCUT2D eigenvalue weighted by Gasteiger charge is -2.34. The van der Waals surface area contributed by atoms with Gasteiger partial charge in [-0.3, -0.25) is 4.79 Å². The number of aryl methyl sites for hydroxylation is 1. The van der Waals surface area contributed by atoms with E-state index in [1.165, 1.54) is 10.5 Å². The fourth-order valence-corrected chi connectivity index (χ4v) is 3.90. The highest BCUT2D eigenvalue weighted by Crippen LogP contribution is 2.40. The molecular formula is C18H18OS. The van der Waals surface area contributed by atoms with E-state index in [1.54, 1.807) is 11.8 Å². The largest absolute Gasteiger partial charge is 0.298 e. The normalized spacial score (nSPS) is 21.5. The summed E-state index contributed by atoms with van der Waals surface area (Å²) in [6, 6.07) is 20.8. The van der Waals surface area contributed by atoms with Gasteiger partial charge >= 0.3 is 0 Å². The van der Waals surface area contributed by atoms with Crippen molar-refractivity contribution in [1.29, 1.82) is 0 Å². The Bertz CT molecular complexity index is 564. The number of carbonyl (C=O) groups is 1. The van der Waals surface area contributed by atoms with Crippen LogP contribution in [-0.4, -0.2) is 11.0 Å². The Labute approximate surface area is 124 Å². The summed E-state index contributed by atoms with van der Waals surface area (Å²) in [4.78, 5) is 13.0. The minimum absolute atomic E-state index is 0.168. The van der Waals surface area contributed by atoms with Crippen LogP contribution in [0.1, 0.15) is 18.4 Å². The van der Waals surface area contributed by atoms with Crippen molar-refractivity contribution in [2.24, 2.45) is 5.92 Å². The van der Waals surface area contributed by atoms with Crippen LogP contribution in [0, 0.1) is 5.92 Å². The molecule has 0 radical (unpaired) electrons. The molecule has 0 aromatic heterocycles. The van der Waals surface area contributed by atoms with Crippen LogP contribution in [0.3, 0.4) is 0 Å². The third-order valence-electron chi connectivity index (χ3n) is 3.86. The van der Waals surface area contributed by atoms with Crippen molar-refractivity contribution >= 4 is 17.5 Å². The Morgan fingerprint density at radius 3 is 2.25 bits per heavy atom. The van der Waals surface area contributed by atoms with Crippen LogP contribution in [0.4, 0.5) is 0 Å². The molecule has 1 aliphatic carbocycles. The van der Waals surface area contributed by atoms with Crippen molar-refractivity contribution in [3.63, 3.8) is 0 Å². The molecule has 0 bridgehead atoms. The summed E-state index contributed by atoms with van der Waals surface area (Å²) in [5.41, 5.74) is 1.37. The number of benzene rings is 2. The second-order valence-electron chi connectivity index (χ2n) is 5.31. The fraction of sp³-hybridized carbons (Fsp3) is 0.278. The molecule has 2 atom stereocenters. The van der Waals surface area contributed by atoms with E-state index in [1.807, 2.05) is 24.3 Å². The maximum atomic E-state index is 11.8. The summed E-state index contributed by atoms with van der Waals surface area (Å²) in [6.07, 6.45) is 2.95. The molecular weight excluding hydrogens is 264 g/mol. The van der Waals surface area contributed by atoms with Gasteiger partial charge < -0.3 is 0 Å². The average molecular weight is 282 g/mol. The summed E-state index contributed by atoms with van der Waals surface area (Å²) in [5.74, 6) is 0.949. The van der Waals surface area contributed by atoms with E-state index in [2.05, 4.69) is 36.4 Å². The van der Waals surface area contributed by atoms with Crippen molar-refractivity contribution in [3.05, 3.63) is 66.2 Å². The molecule has 102 valence electrons. The van der Waals surface area contributed by atoms with Crippen LogP contribution < -0.4 is 0 Å². The first-order chi connectivity index (χ1) is 9.83. The molecule has 1 fully saturated rings. The highest BCUT2D eigenvalue weighted by molar-refractivity contribution is 8.00. The van der Waals surface area contributed by atoms with Crippen LogP contribution >= 0.6 is 11.8 Å². The zero-order valence-corrected chi connectivity index (χ0v) is 12.2. The van der Waals surface area contributed by atoms with Gasteiger partial charge in [0, 0.05) is 11.3 Å². The summed E-state index contributed by atoms with van der Waals surface area (Å²) in [5, 5.41) is 0.168. The molecule has 0 spiro atoms. The van der Waals surface area contributed by atoms with Gasteiger partial charge in [-0.2, -0.15) is 0 Å². The molecule has 0 aliphatic heterocycles. The molecule has 1 saturated carbocycles. The Morgan fingerprint density at radius 1 is 0.950 bits per heavy atom. The monoisotopic (exact) mass is 282 g/mol. The van der Waals surface area contributed by atoms with E-state index in [-0.39, 0.29) is 5.25 Å². The molecule has 0 N–H and O–H groups in total. The molecule has 20 heavy (non-hydrogen) atoms. The van der Waals surface area contributed by atoms with Crippen LogP contribution in [0.2, 0.25) is 0 Å². The zero-order chi connectivity index (χ0) is 13.8. The minimum Gasteiger partial charge on any atom is -0.298 e. The number of hydrogen-bond donors (Lipinski definition) is 0. The molecule has 0 heterocycles. The van der Waals surface area contributed by atoms with Gasteiger partial charge in [-0.1, -0.05) is 48.5 Å². The van der Waals surface area contributed by atoms with Crippen molar-refractivity contribution in [3.8, 4) is 0 Å². The van der Waals surface area contributed by atoms with Crippen LogP contribution in [-0.2, 0) is 11.2 Å². The molecule has 2 heteroatoms. The molecule has 2 aromatic carbocycles. The van der Waals surface area contributed by atoms with Gasteiger partial charge in [-0.25, -0.2) is 0 Å². The number of rotatable bonds is 5. The first-order valence-corrected chi connectivity index (χ1v) is 7.99. The van der Waals surface area contributed by atoms with E-state index in [0.29, 0.717) is 11.7 Å². The Balaban J connectivity index is 1.56. The third-order valence-corrected chi connectivity index (χ3v) is 5.31. The fourth-order valence-electron chi connectivity index (χ4n) is 2.64. The first kappa shape index (κ1) is 13.4. The van der Waals surface area contributed by atoms with Crippen molar-refractivity contribution in [1.82, 2.24) is 0 Å². The summed E-state index contributed by atoms with van der Waals surface area (Å²) < 4.78 is 0. The van der Waals surface area contributed by atoms with Crippen LogP contribution in [0.15, 0.2) is 65.6 Å². The predicted molar refractivity (Wildman–Crippen MR) is 84.0 cm³/mol. The van der Waals surface area contributed by atoms with Gasteiger partial charge in [0.2, 0.25) is 0 Å². The van der Waals surface area contributed by atoms with E-state index in [9.17, 15) is 4.79 Å². The lowest BCUT2D eigenvalue weighted by Crippen LogP contribution is -2.40. The van der Waals surface area contributed by atoms with Gasteiger partial charge in [0.1, 0.15) is 5.78 Å². The van der Waals surface area contributed by atoms with Gasteiger partial charge in [0.15, 0.2) is 0 Å². The number of thioether (sulfide) groups is 1. The molecule has 1 nitrogen and oxygen atoms in total. The van der Waals surface area contributed by atoms with Crippen LogP contribution in [0.25, 0.3) is 0 Å². The van der Waals surface area contributed by atoms with E-state index < -0.39 is 0 Å². The quantitative estimate of drug-likeness (QED) is 0.810. The molecule has 2 aromatic rings. The average Bonchev–Trinajstić information content (AvgIpc) is 2.51. The maximum absolute atomic E-state index is 11.8. The van der Waals surface area contributed by atoms with Crippen molar-refractivity contribution in [2.45, 2.75) is 29.4 Å². The summed E-state index contributed by atoms with van der Waals surface area (Å²) >= 11 is 1.73. The van der Waals surface area contributed by atoms with E-state index in [0.717, 1.165) is 19.3 Å². The molecule has 0 amide bonds. The third kappa shape index (κ3) is 3.13. The molecule has 3 rings (SSSR count). The SMILES string of the molecule is O=C1C[C@H](CCc2ccccc2)[C@H]1Sc1ccccc1. The smallest absolute Gasteiger partial charge is 0.146 e. The molecule has 0 saturated heterocycles. The highest BCUT2D eigenvalue weighted by atomic mass is 32.2. The zero-order valence-electron chi connectivity index (χ0n) is 11.4. The van der Waals surface area contributed by atoms with Crippen molar-refractivity contribution < 1.29 is 4.79 Å². The maximum Gasteiger partial charge on any atom is 0.146 e. The Hall–Kier alpha value is -1.54. The lowest BCUT2D eigenvalue weighted by atomic mass is 9.79. The van der Waals surface area contributed by atoms with Gasteiger partial charge in [0.05, 0.1) is 5.25 Å². The van der Waals surface area contributed by atoms with E-state index >= 15 is 0 Å². The van der Waals surface area contributed by atoms with Gasteiger partial charge in [0.25, 0.3) is 0 Å². The van der Waals surface area contributed by atoms with Crippen molar-refractivity contribution in [2.75, 3.05) is 0 Å². The summed E-state index contributed by atoms with van der Waals surface area (Å²) in [6.45, 7) is 0. The second kappa shape index (κ2) is 6.27. The lowest BCUT2D eigenvalue weighted by molar-refractivity contribution is -0.126. The van der Waals surface area contributed by atoms with Gasteiger partial charge in [-0.05, 0) is 36.5 Å². The minimum atomic E-state index is 0.168. The molecule has 0 unspecified atom stereocenters. The second-order valence-corrected chi connectivity index (χ2v) is 6.52. The first-order valence-electron chi connectivity index (χ1n) is 7.11. The Kier molecular flexibility index (Phi) is 4.22. The predicted octanol–water partition coefficient (Wildman–Crippen LogP) is 4.37. The van der Waals surface area contributed by atoms with E-state index in [4.69, 9.17) is 0 Å². The number of carbonyl (C=O) groups excluding carboxylic acids is 1. The number of hydrogen-bond acceptors (Lipinski definition) is 2. The topological polar surface area (TPSA) is 17.1 Å². The van der Waals surface area contributed by atoms with Crippen LogP contribution in [0.5, 0.6) is 0 Å². The summed E-state index contributed by atoms with van der Waals surface area (Å²) in [7, 11) is 0. The standard InChI is InChI=1S/C18H18OS/c19-17-13-15(12-11-14-7-3-1-4-8-14)18(17)20-16-9-5-2-6-10-16/h1-10,15,18H,11-13H2/t15-,18+/m0/s1. The Morgan fingerprint density at radius 2 is 1.60 bits per heavy atom. The number of Topliss-reactive ketones (excluding diaryl/α,β-unsaturated/α-hetero) is 1. The molecule has 1 aliphatic rings. The number of ketones is 1. The van der Waals surface area contributed by atoms with Gasteiger partial charge in [-0.15, -0.1) is 11.8 Å². The highest BCUT2D eigenvalue weighted by Gasteiger charge is 2.39.